The van der Waals surface area contributed by atoms with Gasteiger partial charge in [0.2, 0.25) is 0 Å². The first-order chi connectivity index (χ1) is 10.7. The standard InChI is InChI=1S/C16H21N5O/c1-12-8-14(16(22)21-6-2-3-7-21)20-15(9-12)17-5-4-13-10-18-19-11-13/h8-11H,2-7H2,1H3,(H,17,20)(H,18,19). The van der Waals surface area contributed by atoms with Crippen molar-refractivity contribution in [3.05, 3.63) is 41.3 Å². The van der Waals surface area contributed by atoms with Crippen molar-refractivity contribution < 1.29 is 4.79 Å². The number of aryl methyl sites for hydroxylation is 1. The number of carbonyl (C=O) groups is 1. The molecule has 6 heteroatoms. The van der Waals surface area contributed by atoms with E-state index in [1.165, 1.54) is 0 Å². The predicted molar refractivity (Wildman–Crippen MR) is 84.9 cm³/mol. The second-order valence-electron chi connectivity index (χ2n) is 5.70. The molecule has 1 amide bonds. The fraction of sp³-hybridized carbons (Fsp3) is 0.438. The lowest BCUT2D eigenvalue weighted by Gasteiger charge is -2.16. The topological polar surface area (TPSA) is 73.9 Å². The van der Waals surface area contributed by atoms with Gasteiger partial charge in [0.25, 0.3) is 5.91 Å². The number of aromatic amines is 1. The second-order valence-corrected chi connectivity index (χ2v) is 5.70. The number of pyridine rings is 1. The first-order valence-electron chi connectivity index (χ1n) is 7.72. The Kier molecular flexibility index (Phi) is 4.37. The fourth-order valence-corrected chi connectivity index (χ4v) is 2.70. The van der Waals surface area contributed by atoms with Crippen LogP contribution in [0.5, 0.6) is 0 Å². The Morgan fingerprint density at radius 1 is 1.36 bits per heavy atom. The molecule has 22 heavy (non-hydrogen) atoms. The Labute approximate surface area is 129 Å². The molecule has 0 aliphatic carbocycles. The van der Waals surface area contributed by atoms with Crippen LogP contribution < -0.4 is 5.32 Å². The van der Waals surface area contributed by atoms with E-state index in [0.29, 0.717) is 5.69 Å². The number of anilines is 1. The maximum atomic E-state index is 12.4. The molecular weight excluding hydrogens is 278 g/mol. The van der Waals surface area contributed by atoms with E-state index in [2.05, 4.69) is 20.5 Å². The first kappa shape index (κ1) is 14.6. The van der Waals surface area contributed by atoms with Crippen LogP contribution in [0.1, 0.15) is 34.5 Å². The molecule has 1 aliphatic heterocycles. The average Bonchev–Trinajstić information content (AvgIpc) is 3.19. The van der Waals surface area contributed by atoms with Gasteiger partial charge in [-0.25, -0.2) is 4.98 Å². The summed E-state index contributed by atoms with van der Waals surface area (Å²) in [6.07, 6.45) is 6.74. The molecule has 0 spiro atoms. The molecule has 0 atom stereocenters. The highest BCUT2D eigenvalue weighted by Crippen LogP contribution is 2.15. The molecule has 116 valence electrons. The van der Waals surface area contributed by atoms with Gasteiger partial charge in [0.1, 0.15) is 11.5 Å². The van der Waals surface area contributed by atoms with E-state index in [1.807, 2.05) is 36.4 Å². The van der Waals surface area contributed by atoms with Crippen LogP contribution in [-0.4, -0.2) is 45.6 Å². The van der Waals surface area contributed by atoms with Gasteiger partial charge in [-0.1, -0.05) is 0 Å². The van der Waals surface area contributed by atoms with Crippen LogP contribution in [0, 0.1) is 6.92 Å². The minimum atomic E-state index is 0.0408. The molecule has 2 aromatic rings. The Balaban J connectivity index is 1.65. The number of likely N-dealkylation sites (tertiary alicyclic amines) is 1. The summed E-state index contributed by atoms with van der Waals surface area (Å²) in [7, 11) is 0. The highest BCUT2D eigenvalue weighted by molar-refractivity contribution is 5.93. The molecule has 1 aliphatic rings. The maximum absolute atomic E-state index is 12.4. The largest absolute Gasteiger partial charge is 0.370 e. The quantitative estimate of drug-likeness (QED) is 0.885. The number of nitrogens with one attached hydrogen (secondary N) is 2. The Morgan fingerprint density at radius 2 is 2.18 bits per heavy atom. The molecule has 1 fully saturated rings. The zero-order chi connectivity index (χ0) is 15.4. The van der Waals surface area contributed by atoms with Crippen molar-refractivity contribution in [3.8, 4) is 0 Å². The normalized spacial score (nSPS) is 14.3. The van der Waals surface area contributed by atoms with Gasteiger partial charge in [0.05, 0.1) is 6.20 Å². The molecule has 0 saturated carbocycles. The lowest BCUT2D eigenvalue weighted by Crippen LogP contribution is -2.28. The number of hydrogen-bond acceptors (Lipinski definition) is 4. The number of hydrogen-bond donors (Lipinski definition) is 2. The summed E-state index contributed by atoms with van der Waals surface area (Å²) < 4.78 is 0. The van der Waals surface area contributed by atoms with Crippen LogP contribution in [0.2, 0.25) is 0 Å². The van der Waals surface area contributed by atoms with Crippen molar-refractivity contribution in [3.63, 3.8) is 0 Å². The van der Waals surface area contributed by atoms with Gasteiger partial charge >= 0.3 is 0 Å². The van der Waals surface area contributed by atoms with Gasteiger partial charge < -0.3 is 10.2 Å². The van der Waals surface area contributed by atoms with E-state index in [0.717, 1.165) is 55.8 Å². The number of rotatable bonds is 5. The number of nitrogens with zero attached hydrogens (tertiary/aromatic N) is 3. The maximum Gasteiger partial charge on any atom is 0.272 e. The van der Waals surface area contributed by atoms with Gasteiger partial charge in [-0.2, -0.15) is 5.10 Å². The number of aromatic nitrogens is 3. The van der Waals surface area contributed by atoms with Crippen LogP contribution in [-0.2, 0) is 6.42 Å². The van der Waals surface area contributed by atoms with Crippen LogP contribution in [0.4, 0.5) is 5.82 Å². The van der Waals surface area contributed by atoms with Crippen LogP contribution in [0.25, 0.3) is 0 Å². The second kappa shape index (κ2) is 6.60. The van der Waals surface area contributed by atoms with Crippen molar-refractivity contribution in [1.29, 1.82) is 0 Å². The molecule has 3 rings (SSSR count). The lowest BCUT2D eigenvalue weighted by atomic mass is 10.2. The zero-order valence-corrected chi connectivity index (χ0v) is 12.8. The van der Waals surface area contributed by atoms with Gasteiger partial charge in [-0.15, -0.1) is 0 Å². The summed E-state index contributed by atoms with van der Waals surface area (Å²) in [4.78, 5) is 18.8. The summed E-state index contributed by atoms with van der Waals surface area (Å²) in [5.74, 6) is 0.796. The monoisotopic (exact) mass is 299 g/mol. The summed E-state index contributed by atoms with van der Waals surface area (Å²) in [6, 6.07) is 3.83. The van der Waals surface area contributed by atoms with E-state index in [9.17, 15) is 4.79 Å². The highest BCUT2D eigenvalue weighted by Gasteiger charge is 2.21. The van der Waals surface area contributed by atoms with Crippen molar-refractivity contribution in [1.82, 2.24) is 20.1 Å². The molecular formula is C16H21N5O. The summed E-state index contributed by atoms with van der Waals surface area (Å²) in [5.41, 5.74) is 2.73. The Hall–Kier alpha value is -2.37. The van der Waals surface area contributed by atoms with Crippen LogP contribution >= 0.6 is 0 Å². The minimum absolute atomic E-state index is 0.0408. The smallest absolute Gasteiger partial charge is 0.272 e. The third-order valence-electron chi connectivity index (χ3n) is 3.86. The Morgan fingerprint density at radius 3 is 2.91 bits per heavy atom. The average molecular weight is 299 g/mol. The van der Waals surface area contributed by atoms with Crippen molar-refractivity contribution in [2.24, 2.45) is 0 Å². The van der Waals surface area contributed by atoms with E-state index >= 15 is 0 Å². The molecule has 0 bridgehead atoms. The number of H-pyrrole nitrogens is 1. The summed E-state index contributed by atoms with van der Waals surface area (Å²) >= 11 is 0. The highest BCUT2D eigenvalue weighted by atomic mass is 16.2. The summed E-state index contributed by atoms with van der Waals surface area (Å²) in [6.45, 7) is 4.44. The zero-order valence-electron chi connectivity index (χ0n) is 12.8. The third-order valence-corrected chi connectivity index (χ3v) is 3.86. The van der Waals surface area contributed by atoms with E-state index in [4.69, 9.17) is 0 Å². The van der Waals surface area contributed by atoms with Crippen molar-refractivity contribution in [2.45, 2.75) is 26.2 Å². The van der Waals surface area contributed by atoms with Gasteiger partial charge in [-0.3, -0.25) is 9.89 Å². The van der Waals surface area contributed by atoms with Crippen molar-refractivity contribution >= 4 is 11.7 Å². The number of carbonyl (C=O) groups excluding carboxylic acids is 1. The lowest BCUT2D eigenvalue weighted by molar-refractivity contribution is 0.0787. The van der Waals surface area contributed by atoms with E-state index < -0.39 is 0 Å². The predicted octanol–water partition coefficient (Wildman–Crippen LogP) is 2.00. The SMILES string of the molecule is Cc1cc(NCCc2cn[nH]c2)nc(C(=O)N2CCCC2)c1. The molecule has 6 nitrogen and oxygen atoms in total. The Bertz CT molecular complexity index is 632. The third kappa shape index (κ3) is 3.44. The molecule has 0 aromatic carbocycles. The van der Waals surface area contributed by atoms with Gasteiger partial charge in [0.15, 0.2) is 0 Å². The molecule has 2 aromatic heterocycles. The molecule has 3 heterocycles. The fourth-order valence-electron chi connectivity index (χ4n) is 2.70. The van der Waals surface area contributed by atoms with E-state index in [-0.39, 0.29) is 5.91 Å². The van der Waals surface area contributed by atoms with Gasteiger partial charge in [-0.05, 0) is 49.4 Å². The van der Waals surface area contributed by atoms with E-state index in [1.54, 1.807) is 0 Å². The molecule has 0 radical (unpaired) electrons. The minimum Gasteiger partial charge on any atom is -0.370 e. The first-order valence-corrected chi connectivity index (χ1v) is 7.72. The number of amides is 1. The molecule has 2 N–H and O–H groups in total. The van der Waals surface area contributed by atoms with Crippen LogP contribution in [0.3, 0.4) is 0 Å². The van der Waals surface area contributed by atoms with Crippen LogP contribution in [0.15, 0.2) is 24.5 Å². The summed E-state index contributed by atoms with van der Waals surface area (Å²) in [5, 5.41) is 10.0. The van der Waals surface area contributed by atoms with Crippen molar-refractivity contribution in [2.75, 3.05) is 25.0 Å². The molecule has 1 saturated heterocycles. The molecule has 0 unspecified atom stereocenters. The van der Waals surface area contributed by atoms with Gasteiger partial charge in [0, 0.05) is 25.8 Å².